The van der Waals surface area contributed by atoms with E-state index in [9.17, 15) is 0 Å². The highest BCUT2D eigenvalue weighted by atomic mass is 35.5. The average molecular weight is 284 g/mol. The number of hydrogen-bond donors (Lipinski definition) is 1. The zero-order valence-corrected chi connectivity index (χ0v) is 12.1. The van der Waals surface area contributed by atoms with Crippen molar-refractivity contribution in [2.45, 2.75) is 37.3 Å². The molecule has 0 heterocycles. The molecule has 102 valence electrons. The monoisotopic (exact) mass is 283 g/mol. The van der Waals surface area contributed by atoms with E-state index in [4.69, 9.17) is 11.6 Å². The maximum atomic E-state index is 6.14. The van der Waals surface area contributed by atoms with Gasteiger partial charge in [-0.1, -0.05) is 48.0 Å². The smallest absolute Gasteiger partial charge is 0.0409 e. The molecule has 1 fully saturated rings. The molecule has 2 aromatic carbocycles. The molecule has 2 aliphatic carbocycles. The molecule has 1 unspecified atom stereocenters. The summed E-state index contributed by atoms with van der Waals surface area (Å²) in [5.74, 6) is 0.694. The molecule has 2 heteroatoms. The van der Waals surface area contributed by atoms with E-state index in [0.717, 1.165) is 5.02 Å². The van der Waals surface area contributed by atoms with Crippen LogP contribution >= 0.6 is 11.6 Å². The standard InChI is InChI=1S/C18H18ClN/c19-14-8-6-13-7-9-17(15(13)10-14)20-18-11-16(18)12-4-2-1-3-5-12/h1-6,8,10,16-18,20H,7,9,11H2/t16-,17?,18+/m0/s1. The minimum atomic E-state index is 0.488. The molecule has 20 heavy (non-hydrogen) atoms. The van der Waals surface area contributed by atoms with E-state index in [1.165, 1.54) is 36.0 Å². The highest BCUT2D eigenvalue weighted by Crippen LogP contribution is 2.44. The Bertz CT molecular complexity index is 623. The van der Waals surface area contributed by atoms with E-state index in [1.54, 1.807) is 0 Å². The van der Waals surface area contributed by atoms with Crippen LogP contribution in [0.4, 0.5) is 0 Å². The van der Waals surface area contributed by atoms with Crippen molar-refractivity contribution in [3.8, 4) is 0 Å². The fraction of sp³-hybridized carbons (Fsp3) is 0.333. The summed E-state index contributed by atoms with van der Waals surface area (Å²) in [5.41, 5.74) is 4.34. The van der Waals surface area contributed by atoms with E-state index < -0.39 is 0 Å². The fourth-order valence-corrected chi connectivity index (χ4v) is 3.63. The van der Waals surface area contributed by atoms with Crippen LogP contribution in [0.5, 0.6) is 0 Å². The zero-order valence-electron chi connectivity index (χ0n) is 11.4. The van der Waals surface area contributed by atoms with Crippen LogP contribution in [-0.4, -0.2) is 6.04 Å². The third-order valence-electron chi connectivity index (χ3n) is 4.62. The first-order chi connectivity index (χ1) is 9.81. The van der Waals surface area contributed by atoms with Crippen molar-refractivity contribution in [3.63, 3.8) is 0 Å². The molecule has 0 amide bonds. The van der Waals surface area contributed by atoms with Crippen LogP contribution in [0.3, 0.4) is 0 Å². The first-order valence-electron chi connectivity index (χ1n) is 7.40. The summed E-state index contributed by atoms with van der Waals surface area (Å²) >= 11 is 6.14. The molecule has 2 aromatic rings. The van der Waals surface area contributed by atoms with Gasteiger partial charge in [-0.3, -0.25) is 0 Å². The molecular weight excluding hydrogens is 266 g/mol. The quantitative estimate of drug-likeness (QED) is 0.876. The van der Waals surface area contributed by atoms with Gasteiger partial charge in [-0.15, -0.1) is 0 Å². The summed E-state index contributed by atoms with van der Waals surface area (Å²) in [6.45, 7) is 0. The molecule has 0 radical (unpaired) electrons. The number of benzene rings is 2. The van der Waals surface area contributed by atoms with Crippen molar-refractivity contribution in [1.82, 2.24) is 5.32 Å². The van der Waals surface area contributed by atoms with Gasteiger partial charge in [-0.05, 0) is 48.1 Å². The third kappa shape index (κ3) is 2.25. The lowest BCUT2D eigenvalue weighted by Crippen LogP contribution is -2.22. The minimum absolute atomic E-state index is 0.488. The number of fused-ring (bicyclic) bond motifs is 1. The van der Waals surface area contributed by atoms with Gasteiger partial charge in [0, 0.05) is 23.0 Å². The van der Waals surface area contributed by atoms with Gasteiger partial charge in [-0.25, -0.2) is 0 Å². The lowest BCUT2D eigenvalue weighted by molar-refractivity contribution is 0.521. The van der Waals surface area contributed by atoms with E-state index in [0.29, 0.717) is 18.0 Å². The molecular formula is C18H18ClN. The first-order valence-corrected chi connectivity index (χ1v) is 7.78. The second-order valence-electron chi connectivity index (χ2n) is 5.96. The van der Waals surface area contributed by atoms with Gasteiger partial charge in [0.1, 0.15) is 0 Å². The van der Waals surface area contributed by atoms with Crippen molar-refractivity contribution in [2.24, 2.45) is 0 Å². The summed E-state index contributed by atoms with van der Waals surface area (Å²) in [7, 11) is 0. The van der Waals surface area contributed by atoms with Crippen LogP contribution < -0.4 is 5.32 Å². The summed E-state index contributed by atoms with van der Waals surface area (Å²) in [4.78, 5) is 0. The number of rotatable bonds is 3. The Morgan fingerprint density at radius 2 is 1.90 bits per heavy atom. The largest absolute Gasteiger partial charge is 0.307 e. The third-order valence-corrected chi connectivity index (χ3v) is 4.85. The normalized spacial score (nSPS) is 27.4. The van der Waals surface area contributed by atoms with Gasteiger partial charge < -0.3 is 5.32 Å². The lowest BCUT2D eigenvalue weighted by Gasteiger charge is -2.14. The molecule has 0 saturated heterocycles. The van der Waals surface area contributed by atoms with Gasteiger partial charge in [0.25, 0.3) is 0 Å². The Kier molecular flexibility index (Phi) is 3.05. The highest BCUT2D eigenvalue weighted by molar-refractivity contribution is 6.30. The molecule has 1 saturated carbocycles. The van der Waals surface area contributed by atoms with Crippen LogP contribution in [0, 0.1) is 0 Å². The number of halogens is 1. The Labute approximate surface area is 125 Å². The van der Waals surface area contributed by atoms with E-state index >= 15 is 0 Å². The van der Waals surface area contributed by atoms with Gasteiger partial charge in [0.2, 0.25) is 0 Å². The molecule has 3 atom stereocenters. The average Bonchev–Trinajstić information content (AvgIpc) is 3.14. The molecule has 1 nitrogen and oxygen atoms in total. The SMILES string of the molecule is Clc1ccc2c(c1)C(N[C@@H]1C[C@H]1c1ccccc1)CC2. The lowest BCUT2D eigenvalue weighted by atomic mass is 10.1. The molecule has 0 aromatic heterocycles. The Hall–Kier alpha value is -1.31. The van der Waals surface area contributed by atoms with Gasteiger partial charge >= 0.3 is 0 Å². The molecule has 1 N–H and O–H groups in total. The second-order valence-corrected chi connectivity index (χ2v) is 6.40. The highest BCUT2D eigenvalue weighted by Gasteiger charge is 2.40. The maximum absolute atomic E-state index is 6.14. The predicted molar refractivity (Wildman–Crippen MR) is 83.2 cm³/mol. The van der Waals surface area contributed by atoms with Crippen molar-refractivity contribution < 1.29 is 0 Å². The Balaban J connectivity index is 1.47. The van der Waals surface area contributed by atoms with E-state index in [2.05, 4.69) is 47.8 Å². The molecule has 0 aliphatic heterocycles. The van der Waals surface area contributed by atoms with Crippen molar-refractivity contribution in [2.75, 3.05) is 0 Å². The number of hydrogen-bond acceptors (Lipinski definition) is 1. The minimum Gasteiger partial charge on any atom is -0.307 e. The fourth-order valence-electron chi connectivity index (χ4n) is 3.45. The van der Waals surface area contributed by atoms with Crippen molar-refractivity contribution in [1.29, 1.82) is 0 Å². The van der Waals surface area contributed by atoms with Crippen LogP contribution in [0.15, 0.2) is 48.5 Å². The van der Waals surface area contributed by atoms with Crippen LogP contribution in [-0.2, 0) is 6.42 Å². The molecule has 0 spiro atoms. The van der Waals surface area contributed by atoms with E-state index in [-0.39, 0.29) is 0 Å². The molecule has 0 bridgehead atoms. The number of aryl methyl sites for hydroxylation is 1. The van der Waals surface area contributed by atoms with E-state index in [1.807, 2.05) is 6.07 Å². The van der Waals surface area contributed by atoms with Crippen LogP contribution in [0.25, 0.3) is 0 Å². The Morgan fingerprint density at radius 1 is 1.05 bits per heavy atom. The maximum Gasteiger partial charge on any atom is 0.0409 e. The van der Waals surface area contributed by atoms with Crippen molar-refractivity contribution in [3.05, 3.63) is 70.2 Å². The summed E-state index contributed by atoms with van der Waals surface area (Å²) in [6, 6.07) is 18.3. The van der Waals surface area contributed by atoms with Crippen molar-refractivity contribution >= 4 is 11.6 Å². The second kappa shape index (κ2) is 4.91. The van der Waals surface area contributed by atoms with Gasteiger partial charge in [-0.2, -0.15) is 0 Å². The Morgan fingerprint density at radius 3 is 2.75 bits per heavy atom. The summed E-state index contributed by atoms with van der Waals surface area (Å²) in [5, 5.41) is 4.68. The molecule has 2 aliphatic rings. The first kappa shape index (κ1) is 12.4. The van der Waals surface area contributed by atoms with Gasteiger partial charge in [0.05, 0.1) is 0 Å². The van der Waals surface area contributed by atoms with Gasteiger partial charge in [0.15, 0.2) is 0 Å². The zero-order chi connectivity index (χ0) is 13.5. The van der Waals surface area contributed by atoms with Crippen LogP contribution in [0.1, 0.15) is 41.5 Å². The van der Waals surface area contributed by atoms with Crippen LogP contribution in [0.2, 0.25) is 5.02 Å². The summed E-state index contributed by atoms with van der Waals surface area (Å²) < 4.78 is 0. The predicted octanol–water partition coefficient (Wildman–Crippen LogP) is 4.47. The molecule has 4 rings (SSSR count). The summed E-state index contributed by atoms with van der Waals surface area (Å²) in [6.07, 6.45) is 3.64. The number of nitrogens with one attached hydrogen (secondary N) is 1. The topological polar surface area (TPSA) is 12.0 Å².